The summed E-state index contributed by atoms with van der Waals surface area (Å²) >= 11 is 0. The van der Waals surface area contributed by atoms with Gasteiger partial charge in [0, 0.05) is 60.8 Å². The fourth-order valence-electron chi connectivity index (χ4n) is 3.87. The van der Waals surface area contributed by atoms with Crippen molar-refractivity contribution >= 4 is 33.0 Å². The first-order valence-electron chi connectivity index (χ1n) is 11.7. The van der Waals surface area contributed by atoms with Gasteiger partial charge < -0.3 is 19.7 Å². The summed E-state index contributed by atoms with van der Waals surface area (Å²) in [4.78, 5) is 27.6. The number of carboxylic acid groups (broad SMARTS) is 1. The summed E-state index contributed by atoms with van der Waals surface area (Å²) in [5.41, 5.74) is 1.44. The van der Waals surface area contributed by atoms with Crippen molar-refractivity contribution < 1.29 is 32.2 Å². The maximum Gasteiger partial charge on any atom is 0.407 e. The number of aromatic nitrogens is 2. The lowest BCUT2D eigenvalue weighted by Crippen LogP contribution is -2.32. The van der Waals surface area contributed by atoms with Crippen LogP contribution in [0.2, 0.25) is 0 Å². The third kappa shape index (κ3) is 6.37. The van der Waals surface area contributed by atoms with E-state index in [-0.39, 0.29) is 23.5 Å². The van der Waals surface area contributed by atoms with Crippen molar-refractivity contribution in [1.29, 1.82) is 0 Å². The summed E-state index contributed by atoms with van der Waals surface area (Å²) in [7, 11) is -0.965. The zero-order valence-electron chi connectivity index (χ0n) is 22.1. The third-order valence-corrected chi connectivity index (χ3v) is 7.41. The van der Waals surface area contributed by atoms with E-state index < -0.39 is 33.5 Å². The van der Waals surface area contributed by atoms with Gasteiger partial charge in [0.2, 0.25) is 10.0 Å². The van der Waals surface area contributed by atoms with E-state index in [9.17, 15) is 27.5 Å². The number of rotatable bonds is 8. The van der Waals surface area contributed by atoms with Gasteiger partial charge in [-0.1, -0.05) is 0 Å². The van der Waals surface area contributed by atoms with Gasteiger partial charge >= 0.3 is 12.1 Å². The molecule has 1 aromatic carbocycles. The van der Waals surface area contributed by atoms with Crippen LogP contribution in [0, 0.1) is 6.92 Å². The van der Waals surface area contributed by atoms with Gasteiger partial charge in [0.25, 0.3) is 0 Å². The molecule has 0 aliphatic rings. The van der Waals surface area contributed by atoms with Crippen molar-refractivity contribution in [3.8, 4) is 11.1 Å². The van der Waals surface area contributed by atoms with Gasteiger partial charge in [0.1, 0.15) is 16.3 Å². The minimum atomic E-state index is -3.78. The number of aromatic carboxylic acids is 1. The predicted octanol–water partition coefficient (Wildman–Crippen LogP) is 4.34. The number of carbonyl (C=O) groups is 2. The molecule has 38 heavy (non-hydrogen) atoms. The van der Waals surface area contributed by atoms with Crippen LogP contribution in [0.15, 0.2) is 53.5 Å². The molecular weight excluding hydrogens is 515 g/mol. The van der Waals surface area contributed by atoms with Crippen LogP contribution in [0.1, 0.15) is 36.8 Å². The van der Waals surface area contributed by atoms with Crippen molar-refractivity contribution in [1.82, 2.24) is 19.2 Å². The SMILES string of the molecule is Cc1c(-c2cncc(S(=O)(=O)N(C)C)c2)c2cc(C(=O)O)ccc2n1CC(F)=CCNC(=O)OC(C)(C)C. The van der Waals surface area contributed by atoms with E-state index >= 15 is 0 Å². The van der Waals surface area contributed by atoms with Gasteiger partial charge in [-0.05, 0) is 58.0 Å². The molecular formula is C26H31FN4O6S. The predicted molar refractivity (Wildman–Crippen MR) is 141 cm³/mol. The van der Waals surface area contributed by atoms with Crippen molar-refractivity contribution in [2.24, 2.45) is 0 Å². The van der Waals surface area contributed by atoms with Crippen molar-refractivity contribution in [3.05, 3.63) is 59.8 Å². The maximum atomic E-state index is 15.0. The normalized spacial score (nSPS) is 12.7. The van der Waals surface area contributed by atoms with Crippen molar-refractivity contribution in [2.75, 3.05) is 20.6 Å². The van der Waals surface area contributed by atoms with Crippen LogP contribution < -0.4 is 5.32 Å². The average molecular weight is 547 g/mol. The number of allylic oxidation sites excluding steroid dienone is 1. The molecule has 1 amide bonds. The van der Waals surface area contributed by atoms with Gasteiger partial charge in [-0.3, -0.25) is 4.98 Å². The number of nitrogens with zero attached hydrogens (tertiary/aromatic N) is 3. The first kappa shape index (κ1) is 28.8. The number of fused-ring (bicyclic) bond motifs is 1. The summed E-state index contributed by atoms with van der Waals surface area (Å²) < 4.78 is 48.2. The topological polar surface area (TPSA) is 131 Å². The second-order valence-corrected chi connectivity index (χ2v) is 12.0. The molecule has 0 unspecified atom stereocenters. The lowest BCUT2D eigenvalue weighted by atomic mass is 10.0. The molecule has 0 saturated carbocycles. The van der Waals surface area contributed by atoms with Crippen LogP contribution in [-0.4, -0.2) is 65.7 Å². The number of carboxylic acids is 1. The van der Waals surface area contributed by atoms with Gasteiger partial charge in [-0.2, -0.15) is 0 Å². The number of hydrogen-bond donors (Lipinski definition) is 2. The highest BCUT2D eigenvalue weighted by atomic mass is 32.2. The summed E-state index contributed by atoms with van der Waals surface area (Å²) in [6, 6.07) is 5.92. The van der Waals surface area contributed by atoms with Gasteiger partial charge in [-0.15, -0.1) is 0 Å². The van der Waals surface area contributed by atoms with E-state index in [1.165, 1.54) is 50.8 Å². The van der Waals surface area contributed by atoms with Crippen molar-refractivity contribution in [2.45, 2.75) is 44.7 Å². The first-order chi connectivity index (χ1) is 17.6. The molecule has 3 aromatic rings. The first-order valence-corrected chi connectivity index (χ1v) is 13.1. The Hall–Kier alpha value is -3.77. The van der Waals surface area contributed by atoms with E-state index in [0.29, 0.717) is 27.7 Å². The van der Waals surface area contributed by atoms with E-state index in [1.54, 1.807) is 38.3 Å². The standard InChI is InChI=1S/C26H31FN4O6S/c1-16-23(18-11-20(14-28-13-18)38(35,36)30(5)6)21-12-17(24(32)33)7-8-22(21)31(16)15-19(27)9-10-29-25(34)37-26(2,3)4/h7-9,11-14H,10,15H2,1-6H3,(H,29,34)(H,32,33). The number of benzene rings is 1. The minimum absolute atomic E-state index is 0.0264. The maximum absolute atomic E-state index is 15.0. The molecule has 2 aromatic heterocycles. The Balaban J connectivity index is 2.05. The number of halogens is 1. The molecule has 3 rings (SSSR count). The highest BCUT2D eigenvalue weighted by Gasteiger charge is 2.22. The molecule has 10 nitrogen and oxygen atoms in total. The Kier molecular flexibility index (Phi) is 8.27. The van der Waals surface area contributed by atoms with E-state index in [1.807, 2.05) is 0 Å². The number of pyridine rings is 1. The Morgan fingerprint density at radius 2 is 1.89 bits per heavy atom. The number of carbonyl (C=O) groups excluding carboxylic acids is 1. The Morgan fingerprint density at radius 3 is 2.50 bits per heavy atom. The van der Waals surface area contributed by atoms with Gasteiger partial charge in [-0.25, -0.2) is 26.7 Å². The molecule has 204 valence electrons. The minimum Gasteiger partial charge on any atom is -0.478 e. The smallest absolute Gasteiger partial charge is 0.407 e. The van der Waals surface area contributed by atoms with Crippen LogP contribution in [0.3, 0.4) is 0 Å². The fourth-order valence-corrected chi connectivity index (χ4v) is 4.76. The second-order valence-electron chi connectivity index (χ2n) is 9.81. The largest absolute Gasteiger partial charge is 0.478 e. The molecule has 0 bridgehead atoms. The number of ether oxygens (including phenoxy) is 1. The molecule has 2 N–H and O–H groups in total. The lowest BCUT2D eigenvalue weighted by Gasteiger charge is -2.19. The molecule has 0 atom stereocenters. The molecule has 0 aliphatic carbocycles. The van der Waals surface area contributed by atoms with Crippen LogP contribution in [0.25, 0.3) is 22.0 Å². The lowest BCUT2D eigenvalue weighted by molar-refractivity contribution is 0.0533. The van der Waals surface area contributed by atoms with Crippen molar-refractivity contribution in [3.63, 3.8) is 0 Å². The Labute approximate surface area is 220 Å². The highest BCUT2D eigenvalue weighted by molar-refractivity contribution is 7.89. The molecule has 12 heteroatoms. The molecule has 0 aliphatic heterocycles. The molecule has 0 spiro atoms. The zero-order chi connectivity index (χ0) is 28.4. The van der Waals surface area contributed by atoms with E-state index in [4.69, 9.17) is 4.74 Å². The monoisotopic (exact) mass is 546 g/mol. The number of alkyl carbamates (subject to hydrolysis) is 1. The van der Waals surface area contributed by atoms with E-state index in [2.05, 4.69) is 10.3 Å². The van der Waals surface area contributed by atoms with Gasteiger partial charge in [0.05, 0.1) is 12.1 Å². The van der Waals surface area contributed by atoms with Crippen LogP contribution in [0.5, 0.6) is 0 Å². The van der Waals surface area contributed by atoms with Crippen LogP contribution >= 0.6 is 0 Å². The second kappa shape index (κ2) is 10.9. The quantitative estimate of drug-likeness (QED) is 0.430. The number of amides is 1. The number of sulfonamides is 1. The third-order valence-electron chi connectivity index (χ3n) is 5.63. The number of nitrogens with one attached hydrogen (secondary N) is 1. The summed E-state index contributed by atoms with van der Waals surface area (Å²) in [5.74, 6) is -1.68. The fraction of sp³-hybridized carbons (Fsp3) is 0.346. The zero-order valence-corrected chi connectivity index (χ0v) is 22.9. The molecule has 0 fully saturated rings. The summed E-state index contributed by atoms with van der Waals surface area (Å²) in [6.07, 6.45) is 3.25. The van der Waals surface area contributed by atoms with Crippen LogP contribution in [-0.2, 0) is 21.3 Å². The highest BCUT2D eigenvalue weighted by Crippen LogP contribution is 2.36. The average Bonchev–Trinajstić information content (AvgIpc) is 3.08. The number of hydrogen-bond acceptors (Lipinski definition) is 6. The summed E-state index contributed by atoms with van der Waals surface area (Å²) in [5, 5.41) is 12.5. The van der Waals surface area contributed by atoms with Crippen LogP contribution in [0.4, 0.5) is 9.18 Å². The Bertz CT molecular complexity index is 1520. The summed E-state index contributed by atoms with van der Waals surface area (Å²) in [6.45, 7) is 6.60. The molecule has 0 radical (unpaired) electrons. The molecule has 0 saturated heterocycles. The molecule has 2 heterocycles. The Morgan fingerprint density at radius 1 is 1.21 bits per heavy atom. The van der Waals surface area contributed by atoms with E-state index in [0.717, 1.165) is 4.31 Å². The van der Waals surface area contributed by atoms with Gasteiger partial charge in [0.15, 0.2) is 0 Å².